The lowest BCUT2D eigenvalue weighted by Crippen LogP contribution is -2.29. The largest absolute Gasteiger partial charge is 0.490 e. The van der Waals surface area contributed by atoms with E-state index in [1.165, 1.54) is 18.2 Å². The number of carbonyl (C=O) groups excluding carboxylic acids is 1. The van der Waals surface area contributed by atoms with E-state index in [-0.39, 0.29) is 17.5 Å². The summed E-state index contributed by atoms with van der Waals surface area (Å²) < 4.78 is 32.1. The van der Waals surface area contributed by atoms with Crippen molar-refractivity contribution in [1.29, 1.82) is 0 Å². The number of hydrogen-bond acceptors (Lipinski definition) is 3. The summed E-state index contributed by atoms with van der Waals surface area (Å²) in [6, 6.07) is 8.78. The SMILES string of the molecule is CC(NC(=O)/C=C/c1ccc(F)cc1F)c1ccc2c(c1)N(C)CCO2. The van der Waals surface area contributed by atoms with Crippen LogP contribution in [0.25, 0.3) is 6.08 Å². The van der Waals surface area contributed by atoms with Gasteiger partial charge in [-0.2, -0.15) is 0 Å². The lowest BCUT2D eigenvalue weighted by Gasteiger charge is -2.28. The van der Waals surface area contributed by atoms with Crippen LogP contribution in [-0.4, -0.2) is 26.1 Å². The van der Waals surface area contributed by atoms with Crippen molar-refractivity contribution in [2.75, 3.05) is 25.1 Å². The molecule has 1 N–H and O–H groups in total. The summed E-state index contributed by atoms with van der Waals surface area (Å²) in [5, 5.41) is 2.84. The Morgan fingerprint density at radius 2 is 2.08 bits per heavy atom. The molecule has 1 atom stereocenters. The topological polar surface area (TPSA) is 41.6 Å². The minimum Gasteiger partial charge on any atom is -0.490 e. The average Bonchev–Trinajstić information content (AvgIpc) is 2.61. The molecule has 1 heterocycles. The highest BCUT2D eigenvalue weighted by Gasteiger charge is 2.17. The molecule has 2 aromatic carbocycles. The number of benzene rings is 2. The molecule has 3 rings (SSSR count). The molecular formula is C20H20F2N2O2. The summed E-state index contributed by atoms with van der Waals surface area (Å²) in [7, 11) is 1.99. The maximum Gasteiger partial charge on any atom is 0.244 e. The Balaban J connectivity index is 1.67. The number of fused-ring (bicyclic) bond motifs is 1. The van der Waals surface area contributed by atoms with Crippen LogP contribution in [0.5, 0.6) is 5.75 Å². The molecule has 6 heteroatoms. The van der Waals surface area contributed by atoms with Crippen molar-refractivity contribution in [2.45, 2.75) is 13.0 Å². The third-order valence-corrected chi connectivity index (χ3v) is 4.31. The summed E-state index contributed by atoms with van der Waals surface area (Å²) in [5.74, 6) is -0.893. The number of halogens is 2. The molecule has 1 aliphatic rings. The third kappa shape index (κ3) is 4.02. The van der Waals surface area contributed by atoms with Gasteiger partial charge in [0.2, 0.25) is 5.91 Å². The molecule has 0 aromatic heterocycles. The number of amides is 1. The molecule has 0 saturated heterocycles. The molecule has 1 amide bonds. The fraction of sp³-hybridized carbons (Fsp3) is 0.250. The maximum absolute atomic E-state index is 13.6. The van der Waals surface area contributed by atoms with Crippen molar-refractivity contribution in [2.24, 2.45) is 0 Å². The standard InChI is InChI=1S/C20H20F2N2O2/c1-13(15-4-7-19-18(11-15)24(2)9-10-26-19)23-20(25)8-5-14-3-6-16(21)12-17(14)22/h3-8,11-13H,9-10H2,1-2H3,(H,23,25)/b8-5+. The highest BCUT2D eigenvalue weighted by atomic mass is 19.1. The Morgan fingerprint density at radius 1 is 1.27 bits per heavy atom. The second-order valence-electron chi connectivity index (χ2n) is 6.23. The van der Waals surface area contributed by atoms with Crippen molar-refractivity contribution in [3.63, 3.8) is 0 Å². The lowest BCUT2D eigenvalue weighted by molar-refractivity contribution is -0.117. The van der Waals surface area contributed by atoms with Gasteiger partial charge in [0.1, 0.15) is 24.0 Å². The first-order chi connectivity index (χ1) is 12.4. The number of nitrogens with zero attached hydrogens (tertiary/aromatic N) is 1. The van der Waals surface area contributed by atoms with Gasteiger partial charge in [-0.3, -0.25) is 4.79 Å². The molecule has 1 aliphatic heterocycles. The molecule has 0 fully saturated rings. The predicted molar refractivity (Wildman–Crippen MR) is 97.2 cm³/mol. The van der Waals surface area contributed by atoms with Gasteiger partial charge in [-0.1, -0.05) is 6.07 Å². The summed E-state index contributed by atoms with van der Waals surface area (Å²) >= 11 is 0. The van der Waals surface area contributed by atoms with Crippen molar-refractivity contribution in [1.82, 2.24) is 5.32 Å². The van der Waals surface area contributed by atoms with E-state index in [4.69, 9.17) is 4.74 Å². The van der Waals surface area contributed by atoms with Gasteiger partial charge >= 0.3 is 0 Å². The van der Waals surface area contributed by atoms with Crippen LogP contribution in [0.1, 0.15) is 24.1 Å². The van der Waals surface area contributed by atoms with E-state index in [1.54, 1.807) is 0 Å². The summed E-state index contributed by atoms with van der Waals surface area (Å²) in [5.41, 5.74) is 2.08. The highest BCUT2D eigenvalue weighted by molar-refractivity contribution is 5.92. The van der Waals surface area contributed by atoms with E-state index in [1.807, 2.05) is 32.2 Å². The first kappa shape index (κ1) is 17.9. The van der Waals surface area contributed by atoms with Crippen molar-refractivity contribution in [3.05, 3.63) is 65.2 Å². The van der Waals surface area contributed by atoms with Gasteiger partial charge in [-0.05, 0) is 42.8 Å². The van der Waals surface area contributed by atoms with Crippen LogP contribution in [-0.2, 0) is 4.79 Å². The zero-order valence-corrected chi connectivity index (χ0v) is 14.6. The summed E-state index contributed by atoms with van der Waals surface area (Å²) in [4.78, 5) is 14.2. The molecule has 0 aliphatic carbocycles. The molecule has 4 nitrogen and oxygen atoms in total. The minimum absolute atomic E-state index is 0.154. The van der Waals surface area contributed by atoms with Crippen LogP contribution in [0.4, 0.5) is 14.5 Å². The van der Waals surface area contributed by atoms with Gasteiger partial charge in [0.25, 0.3) is 0 Å². The molecule has 0 spiro atoms. The van der Waals surface area contributed by atoms with Gasteiger partial charge in [-0.15, -0.1) is 0 Å². The zero-order chi connectivity index (χ0) is 18.7. The molecule has 1 unspecified atom stereocenters. The Labute approximate surface area is 151 Å². The Bertz CT molecular complexity index is 852. The van der Waals surface area contributed by atoms with E-state index < -0.39 is 11.6 Å². The molecule has 136 valence electrons. The van der Waals surface area contributed by atoms with E-state index in [0.717, 1.165) is 35.7 Å². The number of hydrogen-bond donors (Lipinski definition) is 1. The molecular weight excluding hydrogens is 338 g/mol. The first-order valence-electron chi connectivity index (χ1n) is 8.35. The fourth-order valence-electron chi connectivity index (χ4n) is 2.78. The molecule has 0 saturated carbocycles. The second-order valence-corrected chi connectivity index (χ2v) is 6.23. The van der Waals surface area contributed by atoms with Crippen LogP contribution in [0.3, 0.4) is 0 Å². The average molecular weight is 358 g/mol. The monoisotopic (exact) mass is 358 g/mol. The molecule has 0 bridgehead atoms. The molecule has 26 heavy (non-hydrogen) atoms. The van der Waals surface area contributed by atoms with Gasteiger partial charge in [0, 0.05) is 24.8 Å². The number of rotatable bonds is 4. The minimum atomic E-state index is -0.708. The summed E-state index contributed by atoms with van der Waals surface area (Å²) in [6.45, 7) is 3.33. The number of ether oxygens (including phenoxy) is 1. The first-order valence-corrected chi connectivity index (χ1v) is 8.35. The van der Waals surface area contributed by atoms with Crippen molar-refractivity contribution in [3.8, 4) is 5.75 Å². The highest BCUT2D eigenvalue weighted by Crippen LogP contribution is 2.33. The van der Waals surface area contributed by atoms with Crippen LogP contribution < -0.4 is 15.0 Å². The molecule has 0 radical (unpaired) electrons. The van der Waals surface area contributed by atoms with Crippen LogP contribution >= 0.6 is 0 Å². The normalized spacial score (nSPS) is 14.7. The van der Waals surface area contributed by atoms with Gasteiger partial charge in [0.15, 0.2) is 0 Å². The van der Waals surface area contributed by atoms with E-state index in [9.17, 15) is 13.6 Å². The van der Waals surface area contributed by atoms with Crippen LogP contribution in [0.2, 0.25) is 0 Å². The van der Waals surface area contributed by atoms with Crippen molar-refractivity contribution < 1.29 is 18.3 Å². The molecule has 2 aromatic rings. The van der Waals surface area contributed by atoms with Crippen LogP contribution in [0, 0.1) is 11.6 Å². The van der Waals surface area contributed by atoms with E-state index >= 15 is 0 Å². The fourth-order valence-corrected chi connectivity index (χ4v) is 2.78. The Kier molecular flexibility index (Phi) is 5.21. The smallest absolute Gasteiger partial charge is 0.244 e. The number of anilines is 1. The van der Waals surface area contributed by atoms with E-state index in [0.29, 0.717) is 6.61 Å². The third-order valence-electron chi connectivity index (χ3n) is 4.31. The van der Waals surface area contributed by atoms with Gasteiger partial charge in [-0.25, -0.2) is 8.78 Å². The lowest BCUT2D eigenvalue weighted by atomic mass is 10.1. The Hall–Kier alpha value is -2.89. The summed E-state index contributed by atoms with van der Waals surface area (Å²) in [6.07, 6.45) is 2.56. The quantitative estimate of drug-likeness (QED) is 0.848. The van der Waals surface area contributed by atoms with Gasteiger partial charge < -0.3 is 15.0 Å². The number of nitrogens with one attached hydrogen (secondary N) is 1. The van der Waals surface area contributed by atoms with Crippen molar-refractivity contribution >= 4 is 17.7 Å². The predicted octanol–water partition coefficient (Wildman–Crippen LogP) is 3.68. The van der Waals surface area contributed by atoms with Crippen LogP contribution in [0.15, 0.2) is 42.5 Å². The van der Waals surface area contributed by atoms with Gasteiger partial charge in [0.05, 0.1) is 18.3 Å². The second kappa shape index (κ2) is 7.56. The maximum atomic E-state index is 13.6. The zero-order valence-electron chi connectivity index (χ0n) is 14.6. The Morgan fingerprint density at radius 3 is 2.85 bits per heavy atom. The van der Waals surface area contributed by atoms with E-state index in [2.05, 4.69) is 10.2 Å². The number of carbonyl (C=O) groups is 1. The number of likely N-dealkylation sites (N-methyl/N-ethyl adjacent to an activating group) is 1.